The van der Waals surface area contributed by atoms with Crippen LogP contribution in [0.1, 0.15) is 53.4 Å². The molecule has 1 amide bonds. The smallest absolute Gasteiger partial charge is 0.232 e. The number of piperidine rings is 1. The maximum Gasteiger partial charge on any atom is 0.232 e. The highest BCUT2D eigenvalue weighted by Gasteiger charge is 2.54. The number of carbonyl (C=O) groups excluding carboxylic acids is 1. The molecule has 2 saturated heterocycles. The highest BCUT2D eigenvalue weighted by Crippen LogP contribution is 2.42. The molecule has 2 aliphatic rings. The zero-order valence-corrected chi connectivity index (χ0v) is 12.4. The van der Waals surface area contributed by atoms with E-state index in [1.54, 1.807) is 0 Å². The van der Waals surface area contributed by atoms with Crippen molar-refractivity contribution in [1.29, 1.82) is 0 Å². The Balaban J connectivity index is 2.00. The van der Waals surface area contributed by atoms with Gasteiger partial charge in [0, 0.05) is 25.2 Å². The molecule has 2 heterocycles. The second-order valence-electron chi connectivity index (χ2n) is 6.30. The maximum absolute atomic E-state index is 12.5. The normalized spacial score (nSPS) is 32.4. The third-order valence-corrected chi connectivity index (χ3v) is 5.13. The lowest BCUT2D eigenvalue weighted by Crippen LogP contribution is -2.69. The van der Waals surface area contributed by atoms with Gasteiger partial charge in [0.2, 0.25) is 5.91 Å². The van der Waals surface area contributed by atoms with Gasteiger partial charge in [-0.2, -0.15) is 0 Å². The second kappa shape index (κ2) is 5.20. The van der Waals surface area contributed by atoms with Crippen LogP contribution < -0.4 is 0 Å². The fraction of sp³-hybridized carbons (Fsp3) is 0.933. The molecule has 18 heavy (non-hydrogen) atoms. The van der Waals surface area contributed by atoms with Gasteiger partial charge in [-0.1, -0.05) is 13.8 Å². The summed E-state index contributed by atoms with van der Waals surface area (Å²) in [7, 11) is 0. The average molecular weight is 252 g/mol. The van der Waals surface area contributed by atoms with Gasteiger partial charge in [0.15, 0.2) is 0 Å². The van der Waals surface area contributed by atoms with Gasteiger partial charge in [-0.3, -0.25) is 9.69 Å². The summed E-state index contributed by atoms with van der Waals surface area (Å²) in [5.74, 6) is 0.421. The van der Waals surface area contributed by atoms with Gasteiger partial charge in [-0.05, 0) is 46.1 Å². The lowest BCUT2D eigenvalue weighted by molar-refractivity contribution is -0.171. The largest absolute Gasteiger partial charge is 0.338 e. The minimum Gasteiger partial charge on any atom is -0.338 e. The molecule has 3 atom stereocenters. The third kappa shape index (κ3) is 2.18. The molecular formula is C15H28N2O. The monoisotopic (exact) mass is 252 g/mol. The summed E-state index contributed by atoms with van der Waals surface area (Å²) in [6.45, 7) is 12.0. The summed E-state index contributed by atoms with van der Waals surface area (Å²) in [5.41, 5.74) is -0.0227. The first-order valence-corrected chi connectivity index (χ1v) is 7.59. The summed E-state index contributed by atoms with van der Waals surface area (Å²) in [6.07, 6.45) is 4.53. The van der Waals surface area contributed by atoms with E-state index in [0.29, 0.717) is 18.0 Å². The molecular weight excluding hydrogens is 224 g/mol. The number of likely N-dealkylation sites (tertiary alicyclic amines) is 2. The van der Waals surface area contributed by atoms with Gasteiger partial charge in [-0.25, -0.2) is 0 Å². The van der Waals surface area contributed by atoms with Crippen molar-refractivity contribution in [3.8, 4) is 0 Å². The van der Waals surface area contributed by atoms with Gasteiger partial charge in [-0.15, -0.1) is 0 Å². The molecule has 0 unspecified atom stereocenters. The Morgan fingerprint density at radius 3 is 2.39 bits per heavy atom. The summed E-state index contributed by atoms with van der Waals surface area (Å²) < 4.78 is 0. The molecule has 0 aromatic rings. The van der Waals surface area contributed by atoms with Crippen molar-refractivity contribution in [1.82, 2.24) is 9.80 Å². The molecule has 0 saturated carbocycles. The fourth-order valence-electron chi connectivity index (χ4n) is 3.36. The van der Waals surface area contributed by atoms with Crippen LogP contribution in [-0.4, -0.2) is 47.4 Å². The molecule has 2 rings (SSSR count). The Hall–Kier alpha value is -0.570. The number of nitrogens with zero attached hydrogens (tertiary/aromatic N) is 2. The Bertz CT molecular complexity index is 318. The van der Waals surface area contributed by atoms with Crippen LogP contribution in [0.5, 0.6) is 0 Å². The third-order valence-electron chi connectivity index (χ3n) is 5.13. The van der Waals surface area contributed by atoms with Crippen LogP contribution in [0.2, 0.25) is 0 Å². The van der Waals surface area contributed by atoms with Crippen molar-refractivity contribution in [2.75, 3.05) is 19.6 Å². The zero-order valence-electron chi connectivity index (χ0n) is 12.4. The Labute approximate surface area is 112 Å². The van der Waals surface area contributed by atoms with Crippen LogP contribution in [0.25, 0.3) is 0 Å². The molecule has 0 aromatic carbocycles. The molecule has 3 nitrogen and oxygen atoms in total. The van der Waals surface area contributed by atoms with E-state index >= 15 is 0 Å². The topological polar surface area (TPSA) is 23.6 Å². The second-order valence-corrected chi connectivity index (χ2v) is 6.30. The maximum atomic E-state index is 12.5. The molecule has 0 bridgehead atoms. The Morgan fingerprint density at radius 2 is 1.83 bits per heavy atom. The minimum absolute atomic E-state index is 0.0227. The van der Waals surface area contributed by atoms with E-state index in [-0.39, 0.29) is 5.41 Å². The molecule has 0 N–H and O–H groups in total. The molecule has 0 aliphatic carbocycles. The zero-order chi connectivity index (χ0) is 13.3. The highest BCUT2D eigenvalue weighted by atomic mass is 16.2. The number of carbonyl (C=O) groups is 1. The van der Waals surface area contributed by atoms with Crippen LogP contribution in [0.3, 0.4) is 0 Å². The Kier molecular flexibility index (Phi) is 4.00. The lowest BCUT2D eigenvalue weighted by atomic mass is 9.71. The van der Waals surface area contributed by atoms with Crippen LogP contribution in [-0.2, 0) is 4.79 Å². The molecule has 2 aliphatic heterocycles. The minimum atomic E-state index is -0.0227. The van der Waals surface area contributed by atoms with E-state index in [9.17, 15) is 4.79 Å². The van der Waals surface area contributed by atoms with Crippen molar-refractivity contribution < 1.29 is 4.79 Å². The molecule has 1 spiro atoms. The summed E-state index contributed by atoms with van der Waals surface area (Å²) in [4.78, 5) is 17.1. The Morgan fingerprint density at radius 1 is 1.17 bits per heavy atom. The summed E-state index contributed by atoms with van der Waals surface area (Å²) in [5, 5.41) is 0. The number of amides is 1. The lowest BCUT2D eigenvalue weighted by Gasteiger charge is -2.56. The van der Waals surface area contributed by atoms with Crippen LogP contribution in [0.4, 0.5) is 0 Å². The van der Waals surface area contributed by atoms with E-state index in [2.05, 4.69) is 37.5 Å². The first kappa shape index (κ1) is 13.9. The molecule has 104 valence electrons. The first-order chi connectivity index (χ1) is 8.54. The van der Waals surface area contributed by atoms with Crippen LogP contribution in [0, 0.1) is 5.41 Å². The van der Waals surface area contributed by atoms with E-state index in [1.807, 2.05) is 0 Å². The van der Waals surface area contributed by atoms with E-state index in [1.165, 1.54) is 19.4 Å². The van der Waals surface area contributed by atoms with Crippen molar-refractivity contribution in [2.24, 2.45) is 5.41 Å². The van der Waals surface area contributed by atoms with Crippen molar-refractivity contribution >= 4 is 5.91 Å². The molecule has 2 fully saturated rings. The van der Waals surface area contributed by atoms with Gasteiger partial charge in [0.05, 0.1) is 5.41 Å². The van der Waals surface area contributed by atoms with E-state index in [0.717, 1.165) is 25.9 Å². The van der Waals surface area contributed by atoms with Crippen molar-refractivity contribution in [2.45, 2.75) is 65.5 Å². The highest BCUT2D eigenvalue weighted by molar-refractivity contribution is 5.89. The van der Waals surface area contributed by atoms with Gasteiger partial charge >= 0.3 is 0 Å². The predicted molar refractivity (Wildman–Crippen MR) is 74.5 cm³/mol. The van der Waals surface area contributed by atoms with Crippen LogP contribution in [0.15, 0.2) is 0 Å². The standard InChI is InChI=1S/C15H28N2O/c1-5-12(3)16-9-7-8-15(10-16)11-17(14(15)18)13(4)6-2/h12-13H,5-11H2,1-4H3/t12-,13-,15-/m0/s1. The molecule has 0 radical (unpaired) electrons. The average Bonchev–Trinajstić information content (AvgIpc) is 2.43. The van der Waals surface area contributed by atoms with Gasteiger partial charge in [0.25, 0.3) is 0 Å². The van der Waals surface area contributed by atoms with Gasteiger partial charge in [0.1, 0.15) is 0 Å². The van der Waals surface area contributed by atoms with Gasteiger partial charge < -0.3 is 4.90 Å². The van der Waals surface area contributed by atoms with E-state index in [4.69, 9.17) is 0 Å². The quantitative estimate of drug-likeness (QED) is 0.718. The van der Waals surface area contributed by atoms with Crippen molar-refractivity contribution in [3.63, 3.8) is 0 Å². The number of hydrogen-bond acceptors (Lipinski definition) is 2. The SMILES string of the molecule is CC[C@H](C)N1CCC[C@]2(C1)CN([C@@H](C)CC)C2=O. The van der Waals surface area contributed by atoms with Crippen LogP contribution >= 0.6 is 0 Å². The number of hydrogen-bond donors (Lipinski definition) is 0. The predicted octanol–water partition coefficient (Wildman–Crippen LogP) is 2.51. The number of β-lactam (4-membered cyclic amide) rings is 1. The fourth-order valence-corrected chi connectivity index (χ4v) is 3.36. The van der Waals surface area contributed by atoms with Crippen molar-refractivity contribution in [3.05, 3.63) is 0 Å². The van der Waals surface area contributed by atoms with E-state index < -0.39 is 0 Å². The number of rotatable bonds is 4. The molecule has 3 heteroatoms. The first-order valence-electron chi connectivity index (χ1n) is 7.59. The summed E-state index contributed by atoms with van der Waals surface area (Å²) >= 11 is 0. The molecule has 0 aromatic heterocycles. The summed E-state index contributed by atoms with van der Waals surface area (Å²) in [6, 6.07) is 1.04.